The van der Waals surface area contributed by atoms with E-state index in [9.17, 15) is 0 Å². The molecule has 2 nitrogen and oxygen atoms in total. The second-order valence-corrected chi connectivity index (χ2v) is 17.3. The SMILES string of the molecule is Cc1cc(C)c(-c2cc(-c3cc(-c4ccccc4)ccc3Nc3cccc4c3Cc3ccccc3-4)c3c(c2)N2C4=C(CCC=C4)C(C)(C)c4cccc(c42)[B]3)c(C)c1. The van der Waals surface area contributed by atoms with Crippen LogP contribution in [0.2, 0.25) is 0 Å². The zero-order chi connectivity index (χ0) is 39.3. The lowest BCUT2D eigenvalue weighted by Gasteiger charge is -2.47. The van der Waals surface area contributed by atoms with Crippen LogP contribution in [0.4, 0.5) is 22.7 Å². The number of rotatable bonds is 5. The van der Waals surface area contributed by atoms with Gasteiger partial charge < -0.3 is 10.2 Å². The maximum Gasteiger partial charge on any atom is 0.197 e. The summed E-state index contributed by atoms with van der Waals surface area (Å²) in [7, 11) is 2.47. The molecule has 3 heteroatoms. The van der Waals surface area contributed by atoms with Gasteiger partial charge in [-0.2, -0.15) is 0 Å². The molecule has 7 aromatic carbocycles. The first-order chi connectivity index (χ1) is 28.2. The average Bonchev–Trinajstić information content (AvgIpc) is 3.62. The van der Waals surface area contributed by atoms with Gasteiger partial charge in [0.15, 0.2) is 7.28 Å². The molecule has 1 radical (unpaired) electrons. The number of benzene rings is 7. The van der Waals surface area contributed by atoms with Crippen molar-refractivity contribution in [3.8, 4) is 44.5 Å². The summed E-state index contributed by atoms with van der Waals surface area (Å²) in [4.78, 5) is 2.62. The van der Waals surface area contributed by atoms with Gasteiger partial charge in [0.2, 0.25) is 0 Å². The summed E-state index contributed by atoms with van der Waals surface area (Å²) < 4.78 is 0. The molecule has 1 N–H and O–H groups in total. The van der Waals surface area contributed by atoms with E-state index in [2.05, 4.69) is 198 Å². The molecule has 11 rings (SSSR count). The number of allylic oxidation sites excluding steroid dienone is 3. The summed E-state index contributed by atoms with van der Waals surface area (Å²) in [6.07, 6.45) is 7.85. The Morgan fingerprint density at radius 1 is 0.638 bits per heavy atom. The Kier molecular flexibility index (Phi) is 7.89. The fraction of sp³-hybridized carbons (Fsp3) is 0.164. The maximum atomic E-state index is 4.05. The van der Waals surface area contributed by atoms with Crippen molar-refractivity contribution in [1.29, 1.82) is 0 Å². The lowest BCUT2D eigenvalue weighted by atomic mass is 9.55. The van der Waals surface area contributed by atoms with Crippen LogP contribution in [0.1, 0.15) is 60.1 Å². The number of para-hydroxylation sites is 1. The molecular weight excluding hydrogens is 699 g/mol. The predicted molar refractivity (Wildman–Crippen MR) is 247 cm³/mol. The van der Waals surface area contributed by atoms with Gasteiger partial charge in [-0.3, -0.25) is 0 Å². The molecule has 0 amide bonds. The van der Waals surface area contributed by atoms with Crippen LogP contribution in [0.5, 0.6) is 0 Å². The molecule has 0 atom stereocenters. The Hall–Kier alpha value is -6.32. The standard InChI is InChI=1S/C55H46BN2/c1-33-27-34(2)52(35(3)28-33)39-31-44(53-51(32-39)58-50-24-12-11-20-45(50)55(4,5)46-21-14-22-47(56-53)54(46)58)43-29-37(36-15-7-6-8-16-36)25-26-49(43)57-48-23-13-19-41-40-18-10-9-17-38(40)30-42(41)48/h6-10,12-19,21-29,31-32,57H,11,20,30H2,1-5H3. The minimum atomic E-state index is -0.0610. The number of hydrogen-bond acceptors (Lipinski definition) is 2. The van der Waals surface area contributed by atoms with E-state index in [0.29, 0.717) is 0 Å². The monoisotopic (exact) mass is 745 g/mol. The van der Waals surface area contributed by atoms with Gasteiger partial charge in [0.1, 0.15) is 0 Å². The molecule has 4 aliphatic rings. The molecule has 279 valence electrons. The highest BCUT2D eigenvalue weighted by Gasteiger charge is 2.42. The van der Waals surface area contributed by atoms with E-state index in [4.69, 9.17) is 0 Å². The molecule has 58 heavy (non-hydrogen) atoms. The van der Waals surface area contributed by atoms with E-state index in [1.807, 2.05) is 0 Å². The third-order valence-electron chi connectivity index (χ3n) is 13.3. The summed E-state index contributed by atoms with van der Waals surface area (Å²) in [5.41, 5.74) is 28.3. The lowest BCUT2D eigenvalue weighted by molar-refractivity contribution is 0.571. The number of anilines is 4. The molecule has 0 saturated carbocycles. The van der Waals surface area contributed by atoms with Gasteiger partial charge in [0.05, 0.1) is 0 Å². The van der Waals surface area contributed by atoms with E-state index in [-0.39, 0.29) is 5.41 Å². The molecule has 0 fully saturated rings. The molecule has 2 aliphatic heterocycles. The third kappa shape index (κ3) is 5.33. The van der Waals surface area contributed by atoms with E-state index in [1.54, 1.807) is 0 Å². The fourth-order valence-corrected chi connectivity index (χ4v) is 10.7. The van der Waals surface area contributed by atoms with Crippen molar-refractivity contribution in [3.63, 3.8) is 0 Å². The third-order valence-corrected chi connectivity index (χ3v) is 13.3. The highest BCUT2D eigenvalue weighted by Crippen LogP contribution is 2.52. The molecule has 7 aromatic rings. The summed E-state index contributed by atoms with van der Waals surface area (Å²) in [5, 5.41) is 4.05. The molecule has 2 aliphatic carbocycles. The smallest absolute Gasteiger partial charge is 0.197 e. The summed E-state index contributed by atoms with van der Waals surface area (Å²) in [6.45, 7) is 11.6. The van der Waals surface area contributed by atoms with Crippen molar-refractivity contribution in [3.05, 3.63) is 190 Å². The van der Waals surface area contributed by atoms with Gasteiger partial charge in [-0.15, -0.1) is 0 Å². The zero-order valence-electron chi connectivity index (χ0n) is 34.0. The van der Waals surface area contributed by atoms with Crippen LogP contribution >= 0.6 is 0 Å². The van der Waals surface area contributed by atoms with E-state index >= 15 is 0 Å². The Labute approximate surface area is 343 Å². The molecule has 2 heterocycles. The number of nitrogens with one attached hydrogen (secondary N) is 1. The van der Waals surface area contributed by atoms with Crippen molar-refractivity contribution in [1.82, 2.24) is 0 Å². The molecule has 0 unspecified atom stereocenters. The van der Waals surface area contributed by atoms with Crippen LogP contribution in [-0.4, -0.2) is 7.28 Å². The number of nitrogens with zero attached hydrogens (tertiary/aromatic N) is 1. The van der Waals surface area contributed by atoms with Crippen molar-refractivity contribution in [2.75, 3.05) is 10.2 Å². The molecule has 0 bridgehead atoms. The van der Waals surface area contributed by atoms with Crippen LogP contribution in [-0.2, 0) is 11.8 Å². The van der Waals surface area contributed by atoms with Gasteiger partial charge in [0.25, 0.3) is 0 Å². The van der Waals surface area contributed by atoms with Crippen molar-refractivity contribution in [2.24, 2.45) is 0 Å². The first kappa shape index (κ1) is 34.9. The minimum Gasteiger partial charge on any atom is -0.355 e. The van der Waals surface area contributed by atoms with E-state index < -0.39 is 0 Å². The van der Waals surface area contributed by atoms with Crippen LogP contribution in [0.25, 0.3) is 44.5 Å². The van der Waals surface area contributed by atoms with Crippen molar-refractivity contribution >= 4 is 41.0 Å². The van der Waals surface area contributed by atoms with Crippen molar-refractivity contribution < 1.29 is 0 Å². The number of hydrogen-bond donors (Lipinski definition) is 1. The average molecular weight is 746 g/mol. The summed E-state index contributed by atoms with van der Waals surface area (Å²) in [6, 6.07) is 50.0. The van der Waals surface area contributed by atoms with Gasteiger partial charge in [-0.05, 0) is 148 Å². The van der Waals surface area contributed by atoms with Gasteiger partial charge in [-0.1, -0.05) is 134 Å². The van der Waals surface area contributed by atoms with E-state index in [0.717, 1.165) is 30.6 Å². The molecule has 0 aromatic heterocycles. The lowest BCUT2D eigenvalue weighted by Crippen LogP contribution is -2.47. The van der Waals surface area contributed by atoms with Crippen LogP contribution in [0, 0.1) is 20.8 Å². The second kappa shape index (κ2) is 13.1. The molecular formula is C55H46BN2. The highest BCUT2D eigenvalue weighted by molar-refractivity contribution is 6.73. The van der Waals surface area contributed by atoms with Gasteiger partial charge in [-0.25, -0.2) is 0 Å². The molecule has 0 spiro atoms. The fourth-order valence-electron chi connectivity index (χ4n) is 10.7. The number of aryl methyl sites for hydroxylation is 3. The molecule has 0 saturated heterocycles. The van der Waals surface area contributed by atoms with Gasteiger partial charge in [0, 0.05) is 45.8 Å². The Balaban J connectivity index is 1.19. The maximum absolute atomic E-state index is 4.05. The van der Waals surface area contributed by atoms with Crippen molar-refractivity contribution in [2.45, 2.75) is 59.3 Å². The normalized spacial score (nSPS) is 15.2. The van der Waals surface area contributed by atoms with E-state index in [1.165, 1.54) is 111 Å². The first-order valence-corrected chi connectivity index (χ1v) is 20.9. The minimum absolute atomic E-state index is 0.0610. The van der Waals surface area contributed by atoms with Crippen LogP contribution in [0.3, 0.4) is 0 Å². The van der Waals surface area contributed by atoms with Gasteiger partial charge >= 0.3 is 0 Å². The summed E-state index contributed by atoms with van der Waals surface area (Å²) >= 11 is 0. The Morgan fingerprint density at radius 2 is 1.40 bits per heavy atom. The quantitative estimate of drug-likeness (QED) is 0.177. The Morgan fingerprint density at radius 3 is 2.24 bits per heavy atom. The topological polar surface area (TPSA) is 15.3 Å². The largest absolute Gasteiger partial charge is 0.355 e. The van der Waals surface area contributed by atoms with Crippen LogP contribution < -0.4 is 21.1 Å². The highest BCUT2D eigenvalue weighted by atomic mass is 15.2. The Bertz CT molecular complexity index is 2910. The first-order valence-electron chi connectivity index (χ1n) is 20.9. The summed E-state index contributed by atoms with van der Waals surface area (Å²) in [5.74, 6) is 0. The zero-order valence-corrected chi connectivity index (χ0v) is 34.0. The predicted octanol–water partition coefficient (Wildman–Crippen LogP) is 12.9. The van der Waals surface area contributed by atoms with Crippen LogP contribution in [0.15, 0.2) is 157 Å². The second-order valence-electron chi connectivity index (χ2n) is 17.3. The number of fused-ring (bicyclic) bond motifs is 6.